The molecule has 74 valence electrons. The number of hydrogen-bond donors (Lipinski definition) is 3. The van der Waals surface area contributed by atoms with E-state index in [2.05, 4.69) is 4.98 Å². The van der Waals surface area contributed by atoms with E-state index >= 15 is 0 Å². The molecule has 3 rings (SSSR count). The number of aromatic amines is 1. The first-order valence-corrected chi connectivity index (χ1v) is 4.82. The molecule has 1 aromatic heterocycles. The van der Waals surface area contributed by atoms with Gasteiger partial charge in [-0.25, -0.2) is 0 Å². The predicted octanol–water partition coefficient (Wildman–Crippen LogP) is 2.49. The van der Waals surface area contributed by atoms with Gasteiger partial charge in [-0.3, -0.25) is 0 Å². The van der Waals surface area contributed by atoms with Crippen LogP contribution in [0.2, 0.25) is 0 Å². The van der Waals surface area contributed by atoms with E-state index in [1.807, 2.05) is 36.4 Å². The van der Waals surface area contributed by atoms with E-state index in [-0.39, 0.29) is 0 Å². The van der Waals surface area contributed by atoms with Crippen molar-refractivity contribution in [2.75, 3.05) is 11.5 Å². The minimum atomic E-state index is 0.732. The predicted molar refractivity (Wildman–Crippen MR) is 64.6 cm³/mol. The summed E-state index contributed by atoms with van der Waals surface area (Å²) in [7, 11) is 0. The number of benzene rings is 2. The summed E-state index contributed by atoms with van der Waals surface area (Å²) >= 11 is 0. The number of anilines is 2. The van der Waals surface area contributed by atoms with Crippen molar-refractivity contribution in [3.63, 3.8) is 0 Å². The highest BCUT2D eigenvalue weighted by molar-refractivity contribution is 6.16. The maximum absolute atomic E-state index is 5.96. The fourth-order valence-electron chi connectivity index (χ4n) is 2.00. The lowest BCUT2D eigenvalue weighted by atomic mass is 10.1. The third kappa shape index (κ3) is 1.00. The number of nitrogens with one attached hydrogen (secondary N) is 1. The van der Waals surface area contributed by atoms with Gasteiger partial charge in [-0.1, -0.05) is 18.2 Å². The number of para-hydroxylation sites is 1. The lowest BCUT2D eigenvalue weighted by molar-refractivity contribution is 1.54. The summed E-state index contributed by atoms with van der Waals surface area (Å²) < 4.78 is 0. The molecule has 5 N–H and O–H groups in total. The van der Waals surface area contributed by atoms with Crippen LogP contribution < -0.4 is 11.5 Å². The first-order chi connectivity index (χ1) is 7.27. The standard InChI is InChI=1S/C12H11N3/c13-8-5-6-9(14)12-11(8)7-3-1-2-4-10(7)15-12/h1-6,15H,13-14H2. The summed E-state index contributed by atoms with van der Waals surface area (Å²) in [6.45, 7) is 0. The smallest absolute Gasteiger partial charge is 0.0719 e. The van der Waals surface area contributed by atoms with Crippen molar-refractivity contribution in [1.29, 1.82) is 0 Å². The molecular weight excluding hydrogens is 186 g/mol. The Kier molecular flexibility index (Phi) is 1.45. The van der Waals surface area contributed by atoms with E-state index in [1.54, 1.807) is 0 Å². The fraction of sp³-hybridized carbons (Fsp3) is 0. The van der Waals surface area contributed by atoms with E-state index in [4.69, 9.17) is 11.5 Å². The highest BCUT2D eigenvalue weighted by Gasteiger charge is 2.08. The number of H-pyrrole nitrogens is 1. The van der Waals surface area contributed by atoms with Gasteiger partial charge in [-0.2, -0.15) is 0 Å². The maximum atomic E-state index is 5.96. The molecule has 0 aliphatic carbocycles. The van der Waals surface area contributed by atoms with Gasteiger partial charge in [-0.15, -0.1) is 0 Å². The normalized spacial score (nSPS) is 11.2. The third-order valence-electron chi connectivity index (χ3n) is 2.73. The zero-order chi connectivity index (χ0) is 10.4. The molecule has 15 heavy (non-hydrogen) atoms. The molecule has 0 aliphatic rings. The molecule has 0 saturated heterocycles. The lowest BCUT2D eigenvalue weighted by Gasteiger charge is -1.99. The van der Waals surface area contributed by atoms with Crippen LogP contribution in [-0.4, -0.2) is 4.98 Å². The Morgan fingerprint density at radius 1 is 0.867 bits per heavy atom. The van der Waals surface area contributed by atoms with E-state index < -0.39 is 0 Å². The molecule has 0 bridgehead atoms. The molecule has 3 nitrogen and oxygen atoms in total. The number of aromatic nitrogens is 1. The molecular formula is C12H11N3. The van der Waals surface area contributed by atoms with Crippen molar-refractivity contribution < 1.29 is 0 Å². The summed E-state index contributed by atoms with van der Waals surface area (Å²) in [5.41, 5.74) is 15.3. The van der Waals surface area contributed by atoms with Crippen LogP contribution in [-0.2, 0) is 0 Å². The van der Waals surface area contributed by atoms with Crippen LogP contribution >= 0.6 is 0 Å². The van der Waals surface area contributed by atoms with Crippen LogP contribution in [0.5, 0.6) is 0 Å². The second-order valence-electron chi connectivity index (χ2n) is 3.66. The van der Waals surface area contributed by atoms with Crippen LogP contribution in [0.3, 0.4) is 0 Å². The van der Waals surface area contributed by atoms with E-state index in [0.717, 1.165) is 33.2 Å². The summed E-state index contributed by atoms with van der Waals surface area (Å²) in [5.74, 6) is 0. The Bertz CT molecular complexity index is 652. The van der Waals surface area contributed by atoms with Gasteiger partial charge in [0.15, 0.2) is 0 Å². The van der Waals surface area contributed by atoms with Crippen molar-refractivity contribution in [1.82, 2.24) is 4.98 Å². The van der Waals surface area contributed by atoms with Gasteiger partial charge in [0.25, 0.3) is 0 Å². The molecule has 0 unspecified atom stereocenters. The number of hydrogen-bond acceptors (Lipinski definition) is 2. The minimum absolute atomic E-state index is 0.732. The Balaban J connectivity index is 2.66. The second-order valence-corrected chi connectivity index (χ2v) is 3.66. The molecule has 2 aromatic carbocycles. The Morgan fingerprint density at radius 2 is 1.60 bits per heavy atom. The van der Waals surface area contributed by atoms with Gasteiger partial charge in [-0.05, 0) is 18.2 Å². The average molecular weight is 197 g/mol. The second kappa shape index (κ2) is 2.67. The monoisotopic (exact) mass is 197 g/mol. The molecule has 3 heteroatoms. The third-order valence-corrected chi connectivity index (χ3v) is 2.73. The zero-order valence-corrected chi connectivity index (χ0v) is 8.12. The fourth-order valence-corrected chi connectivity index (χ4v) is 2.00. The molecule has 0 spiro atoms. The van der Waals surface area contributed by atoms with Crippen molar-refractivity contribution in [2.45, 2.75) is 0 Å². The molecule has 0 aliphatic heterocycles. The minimum Gasteiger partial charge on any atom is -0.398 e. The summed E-state index contributed by atoms with van der Waals surface area (Å²) in [5, 5.41) is 2.14. The van der Waals surface area contributed by atoms with E-state index in [0.29, 0.717) is 0 Å². The molecule has 0 atom stereocenters. The Hall–Kier alpha value is -2.16. The van der Waals surface area contributed by atoms with Crippen LogP contribution in [0.4, 0.5) is 11.4 Å². The summed E-state index contributed by atoms with van der Waals surface area (Å²) in [6.07, 6.45) is 0. The van der Waals surface area contributed by atoms with Gasteiger partial charge in [0.2, 0.25) is 0 Å². The van der Waals surface area contributed by atoms with Crippen molar-refractivity contribution >= 4 is 33.2 Å². The van der Waals surface area contributed by atoms with Crippen molar-refractivity contribution in [2.24, 2.45) is 0 Å². The Morgan fingerprint density at radius 3 is 2.47 bits per heavy atom. The van der Waals surface area contributed by atoms with Gasteiger partial charge < -0.3 is 16.5 Å². The van der Waals surface area contributed by atoms with Gasteiger partial charge in [0.1, 0.15) is 0 Å². The van der Waals surface area contributed by atoms with E-state index in [9.17, 15) is 0 Å². The van der Waals surface area contributed by atoms with Gasteiger partial charge in [0.05, 0.1) is 11.2 Å². The van der Waals surface area contributed by atoms with Crippen LogP contribution in [0.1, 0.15) is 0 Å². The van der Waals surface area contributed by atoms with E-state index in [1.165, 1.54) is 0 Å². The molecule has 0 saturated carbocycles. The molecule has 0 radical (unpaired) electrons. The number of nitrogen functional groups attached to an aromatic ring is 2. The quantitative estimate of drug-likeness (QED) is 0.484. The van der Waals surface area contributed by atoms with Crippen LogP contribution in [0.15, 0.2) is 36.4 Å². The molecule has 0 fully saturated rings. The highest BCUT2D eigenvalue weighted by Crippen LogP contribution is 2.32. The van der Waals surface area contributed by atoms with Crippen LogP contribution in [0.25, 0.3) is 21.8 Å². The first kappa shape index (κ1) is 8.17. The van der Waals surface area contributed by atoms with Crippen LogP contribution in [0, 0.1) is 0 Å². The number of nitrogens with two attached hydrogens (primary N) is 2. The Labute approximate surface area is 86.7 Å². The average Bonchev–Trinajstić information content (AvgIpc) is 2.64. The lowest BCUT2D eigenvalue weighted by Crippen LogP contribution is -1.90. The summed E-state index contributed by atoms with van der Waals surface area (Å²) in [4.78, 5) is 3.28. The number of rotatable bonds is 0. The zero-order valence-electron chi connectivity index (χ0n) is 8.12. The summed E-state index contributed by atoms with van der Waals surface area (Å²) in [6, 6.07) is 11.7. The van der Waals surface area contributed by atoms with Gasteiger partial charge >= 0.3 is 0 Å². The van der Waals surface area contributed by atoms with Crippen molar-refractivity contribution in [3.8, 4) is 0 Å². The van der Waals surface area contributed by atoms with Gasteiger partial charge in [0, 0.05) is 22.0 Å². The first-order valence-electron chi connectivity index (χ1n) is 4.82. The molecule has 1 heterocycles. The largest absolute Gasteiger partial charge is 0.398 e. The maximum Gasteiger partial charge on any atom is 0.0719 e. The van der Waals surface area contributed by atoms with Crippen molar-refractivity contribution in [3.05, 3.63) is 36.4 Å². The SMILES string of the molecule is Nc1ccc(N)c2c1[nH]c1ccccc12. The highest BCUT2D eigenvalue weighted by atomic mass is 14.8. The topological polar surface area (TPSA) is 67.8 Å². The molecule has 0 amide bonds. The number of fused-ring (bicyclic) bond motifs is 3. The molecule has 3 aromatic rings.